The van der Waals surface area contributed by atoms with Gasteiger partial charge in [-0.05, 0) is 17.7 Å². The Balaban J connectivity index is 2.22. The molecule has 0 aromatic heterocycles. The van der Waals surface area contributed by atoms with E-state index < -0.39 is 0 Å². The van der Waals surface area contributed by atoms with E-state index in [2.05, 4.69) is 15.9 Å². The summed E-state index contributed by atoms with van der Waals surface area (Å²) >= 11 is 3.40. The van der Waals surface area contributed by atoms with Crippen LogP contribution in [0.4, 0.5) is 0 Å². The van der Waals surface area contributed by atoms with E-state index in [9.17, 15) is 4.79 Å². The van der Waals surface area contributed by atoms with Crippen molar-refractivity contribution in [3.05, 3.63) is 39.9 Å². The fourth-order valence-corrected chi connectivity index (χ4v) is 2.23. The maximum atomic E-state index is 12.2. The van der Waals surface area contributed by atoms with Gasteiger partial charge in [0.05, 0.1) is 13.2 Å². The van der Waals surface area contributed by atoms with Crippen LogP contribution in [0.1, 0.15) is 5.56 Å². The van der Waals surface area contributed by atoms with Gasteiger partial charge in [-0.2, -0.15) is 5.26 Å². The smallest absolute Gasteiger partial charge is 0.264 e. The molecular weight excluding hydrogens is 308 g/mol. The molecule has 4 nitrogen and oxygen atoms in total. The highest BCUT2D eigenvalue weighted by Crippen LogP contribution is 2.19. The lowest BCUT2D eigenvalue weighted by molar-refractivity contribution is -0.130. The highest BCUT2D eigenvalue weighted by atomic mass is 79.9. The van der Waals surface area contributed by atoms with E-state index in [1.807, 2.05) is 30.3 Å². The van der Waals surface area contributed by atoms with Crippen LogP contribution < -0.4 is 0 Å². The molecule has 2 rings (SSSR count). The minimum absolute atomic E-state index is 0.147. The Labute approximate surface area is 120 Å². The summed E-state index contributed by atoms with van der Waals surface area (Å²) < 4.78 is 6.06. The molecule has 0 saturated carbocycles. The molecule has 0 radical (unpaired) electrons. The predicted octanol–water partition coefficient (Wildman–Crippen LogP) is 2.21. The Morgan fingerprint density at radius 1 is 1.37 bits per heavy atom. The molecule has 0 N–H and O–H groups in total. The van der Waals surface area contributed by atoms with Crippen LogP contribution in [0, 0.1) is 11.3 Å². The normalized spacial score (nSPS) is 16.0. The van der Waals surface area contributed by atoms with Crippen LogP contribution in [0.2, 0.25) is 0 Å². The summed E-state index contributed by atoms with van der Waals surface area (Å²) in [6, 6.07) is 9.47. The van der Waals surface area contributed by atoms with Gasteiger partial charge >= 0.3 is 0 Å². The maximum Gasteiger partial charge on any atom is 0.264 e. The minimum atomic E-state index is -0.235. The number of ether oxygens (including phenoxy) is 1. The summed E-state index contributed by atoms with van der Waals surface area (Å²) in [6.07, 6.45) is 1.61. The second-order valence-corrected chi connectivity index (χ2v) is 4.95. The first-order valence-electron chi connectivity index (χ1n) is 5.95. The topological polar surface area (TPSA) is 53.3 Å². The molecule has 1 aromatic rings. The van der Waals surface area contributed by atoms with Gasteiger partial charge in [0, 0.05) is 17.6 Å². The van der Waals surface area contributed by atoms with E-state index in [0.29, 0.717) is 26.3 Å². The first kappa shape index (κ1) is 13.8. The van der Waals surface area contributed by atoms with Gasteiger partial charge in [0.1, 0.15) is 11.6 Å². The Morgan fingerprint density at radius 2 is 2.05 bits per heavy atom. The second kappa shape index (κ2) is 6.50. The largest absolute Gasteiger partial charge is 0.378 e. The van der Waals surface area contributed by atoms with Gasteiger partial charge in [-0.3, -0.25) is 4.79 Å². The minimum Gasteiger partial charge on any atom is -0.378 e. The molecule has 5 heteroatoms. The van der Waals surface area contributed by atoms with Gasteiger partial charge in [0.25, 0.3) is 5.91 Å². The number of morpholine rings is 1. The fourth-order valence-electron chi connectivity index (χ4n) is 1.83. The molecule has 0 spiro atoms. The third-order valence-electron chi connectivity index (χ3n) is 2.85. The SMILES string of the molecule is N#C/C(=C\c1ccccc1Br)C(=O)N1CCOCC1. The molecule has 1 aliphatic heterocycles. The number of hydrogen-bond donors (Lipinski definition) is 0. The van der Waals surface area contributed by atoms with Crippen LogP contribution in [0.15, 0.2) is 34.3 Å². The highest BCUT2D eigenvalue weighted by Gasteiger charge is 2.20. The lowest BCUT2D eigenvalue weighted by Gasteiger charge is -2.26. The number of nitriles is 1. The van der Waals surface area contributed by atoms with Crippen LogP contribution in [0.5, 0.6) is 0 Å². The third kappa shape index (κ3) is 3.43. The Kier molecular flexibility index (Phi) is 4.72. The van der Waals surface area contributed by atoms with Crippen LogP contribution >= 0.6 is 15.9 Å². The molecule has 0 aliphatic carbocycles. The van der Waals surface area contributed by atoms with Gasteiger partial charge in [-0.15, -0.1) is 0 Å². The van der Waals surface area contributed by atoms with E-state index >= 15 is 0 Å². The zero-order valence-electron chi connectivity index (χ0n) is 10.3. The average molecular weight is 321 g/mol. The van der Waals surface area contributed by atoms with Crippen molar-refractivity contribution in [3.63, 3.8) is 0 Å². The van der Waals surface area contributed by atoms with E-state index in [-0.39, 0.29) is 11.5 Å². The number of hydrogen-bond acceptors (Lipinski definition) is 3. The Hall–Kier alpha value is -1.64. The predicted molar refractivity (Wildman–Crippen MR) is 75.1 cm³/mol. The quantitative estimate of drug-likeness (QED) is 0.620. The summed E-state index contributed by atoms with van der Waals surface area (Å²) in [4.78, 5) is 13.9. The van der Waals surface area contributed by atoms with Gasteiger partial charge < -0.3 is 9.64 Å². The van der Waals surface area contributed by atoms with E-state index in [1.54, 1.807) is 11.0 Å². The molecule has 98 valence electrons. The van der Waals surface area contributed by atoms with Crippen molar-refractivity contribution in [3.8, 4) is 6.07 Å². The Bertz CT molecular complexity index is 543. The molecule has 19 heavy (non-hydrogen) atoms. The fraction of sp³-hybridized carbons (Fsp3) is 0.286. The average Bonchev–Trinajstić information content (AvgIpc) is 2.47. The van der Waals surface area contributed by atoms with Crippen molar-refractivity contribution in [2.24, 2.45) is 0 Å². The first-order valence-corrected chi connectivity index (χ1v) is 6.75. The molecule has 1 amide bonds. The summed E-state index contributed by atoms with van der Waals surface area (Å²) in [7, 11) is 0. The summed E-state index contributed by atoms with van der Waals surface area (Å²) in [6.45, 7) is 2.13. The third-order valence-corrected chi connectivity index (χ3v) is 3.58. The van der Waals surface area contributed by atoms with Crippen LogP contribution in [0.3, 0.4) is 0 Å². The number of amides is 1. The van der Waals surface area contributed by atoms with Gasteiger partial charge in [0.2, 0.25) is 0 Å². The number of carbonyl (C=O) groups is 1. The van der Waals surface area contributed by atoms with Crippen molar-refractivity contribution in [2.45, 2.75) is 0 Å². The zero-order valence-corrected chi connectivity index (χ0v) is 11.9. The van der Waals surface area contributed by atoms with Gasteiger partial charge in [-0.1, -0.05) is 34.1 Å². The number of nitrogens with zero attached hydrogens (tertiary/aromatic N) is 2. The maximum absolute atomic E-state index is 12.2. The summed E-state index contributed by atoms with van der Waals surface area (Å²) in [5.41, 5.74) is 0.967. The highest BCUT2D eigenvalue weighted by molar-refractivity contribution is 9.10. The standard InChI is InChI=1S/C14H13BrN2O2/c15-13-4-2-1-3-11(13)9-12(10-16)14(18)17-5-7-19-8-6-17/h1-4,9H,5-8H2/b12-9+. The van der Waals surface area contributed by atoms with E-state index in [1.165, 1.54) is 0 Å². The summed E-state index contributed by atoms with van der Waals surface area (Å²) in [5.74, 6) is -0.235. The molecule has 1 saturated heterocycles. The lowest BCUT2D eigenvalue weighted by Crippen LogP contribution is -2.41. The van der Waals surface area contributed by atoms with Crippen molar-refractivity contribution < 1.29 is 9.53 Å². The summed E-state index contributed by atoms with van der Waals surface area (Å²) in [5, 5.41) is 9.17. The molecule has 1 heterocycles. The molecule has 1 fully saturated rings. The molecule has 0 atom stereocenters. The second-order valence-electron chi connectivity index (χ2n) is 4.10. The van der Waals surface area contributed by atoms with Crippen molar-refractivity contribution in [2.75, 3.05) is 26.3 Å². The van der Waals surface area contributed by atoms with Crippen molar-refractivity contribution in [1.82, 2.24) is 4.90 Å². The molecule has 1 aliphatic rings. The Morgan fingerprint density at radius 3 is 2.68 bits per heavy atom. The molecular formula is C14H13BrN2O2. The van der Waals surface area contributed by atoms with Gasteiger partial charge in [-0.25, -0.2) is 0 Å². The van der Waals surface area contributed by atoms with Crippen molar-refractivity contribution in [1.29, 1.82) is 5.26 Å². The van der Waals surface area contributed by atoms with Gasteiger partial charge in [0.15, 0.2) is 0 Å². The lowest BCUT2D eigenvalue weighted by atomic mass is 10.1. The van der Waals surface area contributed by atoms with Crippen molar-refractivity contribution >= 4 is 27.9 Å². The zero-order chi connectivity index (χ0) is 13.7. The number of benzene rings is 1. The molecule has 0 unspecified atom stereocenters. The number of carbonyl (C=O) groups excluding carboxylic acids is 1. The number of halogens is 1. The number of rotatable bonds is 2. The molecule has 1 aromatic carbocycles. The first-order chi connectivity index (χ1) is 9.22. The van der Waals surface area contributed by atoms with Crippen LogP contribution in [0.25, 0.3) is 6.08 Å². The molecule has 0 bridgehead atoms. The van der Waals surface area contributed by atoms with E-state index in [4.69, 9.17) is 10.00 Å². The van der Waals surface area contributed by atoms with E-state index in [0.717, 1.165) is 10.0 Å². The van der Waals surface area contributed by atoms with Crippen LogP contribution in [-0.4, -0.2) is 37.1 Å². The monoisotopic (exact) mass is 320 g/mol. The van der Waals surface area contributed by atoms with Crippen LogP contribution in [-0.2, 0) is 9.53 Å².